The number of phenols is 1. The predicted octanol–water partition coefficient (Wildman–Crippen LogP) is -1.89. The molecule has 0 radical (unpaired) electrons. The molecule has 1 fully saturated rings. The first-order chi connectivity index (χ1) is 16.0. The summed E-state index contributed by atoms with van der Waals surface area (Å²) in [6.45, 7) is 0.229. The number of hydrogen-bond donors (Lipinski definition) is 7. The summed E-state index contributed by atoms with van der Waals surface area (Å²) in [4.78, 5) is 62.1. The van der Waals surface area contributed by atoms with Gasteiger partial charge in [-0.1, -0.05) is 12.1 Å². The van der Waals surface area contributed by atoms with Crippen molar-refractivity contribution in [3.05, 3.63) is 29.8 Å². The van der Waals surface area contributed by atoms with Crippen molar-refractivity contribution in [1.29, 1.82) is 0 Å². The lowest BCUT2D eigenvalue weighted by molar-refractivity contribution is -0.149. The average molecular weight is 496 g/mol. The zero-order chi connectivity index (χ0) is 25.4. The van der Waals surface area contributed by atoms with E-state index in [0.29, 0.717) is 18.4 Å². The molecule has 1 aliphatic rings. The summed E-state index contributed by atoms with van der Waals surface area (Å²) in [6.07, 6.45) is 0.409. The van der Waals surface area contributed by atoms with E-state index in [9.17, 15) is 34.2 Å². The number of rotatable bonds is 11. The number of hydrogen-bond acceptors (Lipinski definition) is 8. The molecule has 0 saturated carbocycles. The van der Waals surface area contributed by atoms with E-state index in [1.165, 1.54) is 17.0 Å². The Hall–Kier alpha value is -3.32. The lowest BCUT2D eigenvalue weighted by Crippen LogP contribution is -2.58. The number of primary amides is 1. The Kier molecular flexibility index (Phi) is 9.69. The second-order valence-electron chi connectivity index (χ2n) is 7.98. The number of carbonyl (C=O) groups is 5. The number of carboxylic acid groups (broad SMARTS) is 1. The van der Waals surface area contributed by atoms with Gasteiger partial charge in [0, 0.05) is 18.7 Å². The topological polar surface area (TPSA) is 205 Å². The van der Waals surface area contributed by atoms with Crippen molar-refractivity contribution in [3.8, 4) is 5.75 Å². The summed E-state index contributed by atoms with van der Waals surface area (Å²) in [5.74, 6) is -4.15. The van der Waals surface area contributed by atoms with Crippen molar-refractivity contribution in [3.63, 3.8) is 0 Å². The molecule has 0 bridgehead atoms. The summed E-state index contributed by atoms with van der Waals surface area (Å²) in [5.41, 5.74) is 11.2. The van der Waals surface area contributed by atoms with Gasteiger partial charge in [-0.3, -0.25) is 19.2 Å². The molecule has 1 aromatic rings. The molecule has 13 heteroatoms. The lowest BCUT2D eigenvalue weighted by atomic mass is 10.0. The zero-order valence-electron chi connectivity index (χ0n) is 18.3. The Bertz CT molecular complexity index is 927. The molecule has 34 heavy (non-hydrogen) atoms. The highest BCUT2D eigenvalue weighted by Crippen LogP contribution is 2.20. The highest BCUT2D eigenvalue weighted by molar-refractivity contribution is 7.80. The molecule has 2 rings (SSSR count). The quantitative estimate of drug-likeness (QED) is 0.172. The van der Waals surface area contributed by atoms with Gasteiger partial charge in [0.05, 0.1) is 12.5 Å². The number of carbonyl (C=O) groups excluding carboxylic acids is 4. The van der Waals surface area contributed by atoms with E-state index >= 15 is 0 Å². The fraction of sp³-hybridized carbons (Fsp3) is 0.476. The van der Waals surface area contributed by atoms with Crippen LogP contribution in [0.2, 0.25) is 0 Å². The summed E-state index contributed by atoms with van der Waals surface area (Å²) >= 11 is 4.07. The first kappa shape index (κ1) is 26.9. The van der Waals surface area contributed by atoms with Gasteiger partial charge in [-0.25, -0.2) is 4.79 Å². The van der Waals surface area contributed by atoms with E-state index < -0.39 is 60.2 Å². The molecular formula is C21H29N5O7S. The monoisotopic (exact) mass is 495 g/mol. The van der Waals surface area contributed by atoms with Crippen LogP contribution in [0, 0.1) is 0 Å². The highest BCUT2D eigenvalue weighted by atomic mass is 32.1. The molecule has 8 N–H and O–H groups in total. The van der Waals surface area contributed by atoms with Gasteiger partial charge in [0.15, 0.2) is 0 Å². The molecule has 1 aliphatic heterocycles. The van der Waals surface area contributed by atoms with Gasteiger partial charge in [0.25, 0.3) is 0 Å². The number of amides is 4. The molecule has 4 amide bonds. The van der Waals surface area contributed by atoms with E-state index in [1.807, 2.05) is 0 Å². The second-order valence-corrected chi connectivity index (χ2v) is 8.35. The van der Waals surface area contributed by atoms with Crippen LogP contribution < -0.4 is 22.1 Å². The number of likely N-dealkylation sites (tertiary alicyclic amines) is 1. The van der Waals surface area contributed by atoms with Gasteiger partial charge >= 0.3 is 5.97 Å². The third-order valence-electron chi connectivity index (χ3n) is 5.39. The Morgan fingerprint density at radius 3 is 2.26 bits per heavy atom. The fourth-order valence-corrected chi connectivity index (χ4v) is 3.87. The molecule has 0 aliphatic carbocycles. The zero-order valence-corrected chi connectivity index (χ0v) is 19.2. The first-order valence-electron chi connectivity index (χ1n) is 10.6. The fourth-order valence-electron chi connectivity index (χ4n) is 3.61. The van der Waals surface area contributed by atoms with Gasteiger partial charge in [0.2, 0.25) is 23.6 Å². The number of nitrogens with zero attached hydrogens (tertiary/aromatic N) is 1. The van der Waals surface area contributed by atoms with E-state index in [0.717, 1.165) is 0 Å². The number of nitrogens with one attached hydrogen (secondary N) is 2. The van der Waals surface area contributed by atoms with Gasteiger partial charge in [-0.2, -0.15) is 12.6 Å². The van der Waals surface area contributed by atoms with E-state index in [1.54, 1.807) is 12.1 Å². The van der Waals surface area contributed by atoms with Crippen molar-refractivity contribution in [2.24, 2.45) is 11.5 Å². The molecule has 1 saturated heterocycles. The molecule has 186 valence electrons. The third kappa shape index (κ3) is 7.35. The van der Waals surface area contributed by atoms with Crippen LogP contribution >= 0.6 is 12.6 Å². The van der Waals surface area contributed by atoms with E-state index in [2.05, 4.69) is 23.3 Å². The minimum atomic E-state index is -1.26. The Morgan fingerprint density at radius 2 is 1.71 bits per heavy atom. The van der Waals surface area contributed by atoms with Crippen molar-refractivity contribution in [2.75, 3.05) is 12.3 Å². The van der Waals surface area contributed by atoms with E-state index in [4.69, 9.17) is 11.5 Å². The normalized spacial score (nSPS) is 17.9. The molecule has 4 atom stereocenters. The summed E-state index contributed by atoms with van der Waals surface area (Å²) in [5, 5.41) is 23.9. The summed E-state index contributed by atoms with van der Waals surface area (Å²) in [6, 6.07) is 1.40. The second kappa shape index (κ2) is 12.2. The molecule has 0 aromatic heterocycles. The van der Waals surface area contributed by atoms with Gasteiger partial charge < -0.3 is 37.2 Å². The van der Waals surface area contributed by atoms with Crippen LogP contribution in [0.1, 0.15) is 24.8 Å². The highest BCUT2D eigenvalue weighted by Gasteiger charge is 2.38. The summed E-state index contributed by atoms with van der Waals surface area (Å²) in [7, 11) is 0. The lowest BCUT2D eigenvalue weighted by Gasteiger charge is -2.29. The average Bonchev–Trinajstić information content (AvgIpc) is 3.27. The molecule has 1 aromatic carbocycles. The molecule has 4 unspecified atom stereocenters. The molecule has 0 spiro atoms. The van der Waals surface area contributed by atoms with Crippen LogP contribution in [0.3, 0.4) is 0 Å². The van der Waals surface area contributed by atoms with Gasteiger partial charge in [-0.15, -0.1) is 0 Å². The number of carboxylic acids is 1. The number of aliphatic carboxylic acids is 1. The minimum Gasteiger partial charge on any atom is -0.508 e. The van der Waals surface area contributed by atoms with Crippen molar-refractivity contribution >= 4 is 42.2 Å². The third-order valence-corrected chi connectivity index (χ3v) is 5.75. The van der Waals surface area contributed by atoms with Gasteiger partial charge in [0.1, 0.15) is 23.9 Å². The van der Waals surface area contributed by atoms with Crippen molar-refractivity contribution < 1.29 is 34.2 Å². The minimum absolute atomic E-state index is 0.0160. The van der Waals surface area contributed by atoms with Crippen LogP contribution in [-0.4, -0.2) is 81.2 Å². The van der Waals surface area contributed by atoms with Crippen LogP contribution in [0.4, 0.5) is 0 Å². The molecule has 1 heterocycles. The maximum atomic E-state index is 13.3. The van der Waals surface area contributed by atoms with Crippen LogP contribution in [-0.2, 0) is 30.4 Å². The van der Waals surface area contributed by atoms with Crippen LogP contribution in [0.5, 0.6) is 5.75 Å². The number of benzene rings is 1. The SMILES string of the molecule is NC(=O)CC(N)C(=O)NC(CS)C(=O)NC(Cc1ccc(O)cc1)C(=O)N1CCCC1C(=O)O. The number of thiol groups is 1. The van der Waals surface area contributed by atoms with E-state index in [-0.39, 0.29) is 24.5 Å². The number of nitrogens with two attached hydrogens (primary N) is 2. The number of phenolic OH excluding ortho intramolecular Hbond substituents is 1. The Balaban J connectivity index is 2.20. The Labute approximate surface area is 201 Å². The van der Waals surface area contributed by atoms with Crippen LogP contribution in [0.25, 0.3) is 0 Å². The van der Waals surface area contributed by atoms with Crippen LogP contribution in [0.15, 0.2) is 24.3 Å². The van der Waals surface area contributed by atoms with Crippen molar-refractivity contribution in [2.45, 2.75) is 49.9 Å². The largest absolute Gasteiger partial charge is 0.508 e. The first-order valence-corrected chi connectivity index (χ1v) is 11.2. The van der Waals surface area contributed by atoms with Gasteiger partial charge in [-0.05, 0) is 30.5 Å². The maximum absolute atomic E-state index is 13.3. The molecule has 12 nitrogen and oxygen atoms in total. The standard InChI is InChI=1S/C21H29N5O7S/c22-13(9-17(23)28)18(29)25-15(10-34)19(30)24-14(8-11-3-5-12(27)6-4-11)20(31)26-7-1-2-16(26)21(32)33/h3-6,13-16,27,34H,1-2,7-10,22H2,(H2,23,28)(H,24,30)(H,25,29)(H,32,33). The Morgan fingerprint density at radius 1 is 1.09 bits per heavy atom. The summed E-state index contributed by atoms with van der Waals surface area (Å²) < 4.78 is 0. The maximum Gasteiger partial charge on any atom is 0.326 e. The van der Waals surface area contributed by atoms with Crippen molar-refractivity contribution in [1.82, 2.24) is 15.5 Å². The molecular weight excluding hydrogens is 466 g/mol. The smallest absolute Gasteiger partial charge is 0.326 e. The number of aromatic hydroxyl groups is 1. The predicted molar refractivity (Wildman–Crippen MR) is 124 cm³/mol.